The fourth-order valence-corrected chi connectivity index (χ4v) is 2.57. The van der Waals surface area contributed by atoms with Crippen LogP contribution in [0.2, 0.25) is 0 Å². The number of carbonyl (C=O) groups is 2. The Labute approximate surface area is 143 Å². The number of hydrazine groups is 1. The molecule has 2 rings (SSSR count). The number of benzene rings is 2. The molecule has 6 heteroatoms. The maximum atomic E-state index is 12.0. The highest BCUT2D eigenvalue weighted by Gasteiger charge is 2.11. The van der Waals surface area contributed by atoms with Gasteiger partial charge in [-0.25, -0.2) is 0 Å². The first-order valence-corrected chi connectivity index (χ1v) is 7.78. The summed E-state index contributed by atoms with van der Waals surface area (Å²) in [7, 11) is 1.55. The SMILES string of the molecule is COc1ccc(C(=O)NNC(=O)Cc2ccccc2C)cc1Br. The molecule has 0 saturated carbocycles. The highest BCUT2D eigenvalue weighted by atomic mass is 79.9. The van der Waals surface area contributed by atoms with Crippen LogP contribution < -0.4 is 15.6 Å². The number of hydrogen-bond acceptors (Lipinski definition) is 3. The number of halogens is 1. The molecule has 5 nitrogen and oxygen atoms in total. The predicted octanol–water partition coefficient (Wildman–Crippen LogP) is 2.77. The van der Waals surface area contributed by atoms with E-state index in [-0.39, 0.29) is 12.3 Å². The van der Waals surface area contributed by atoms with Crippen LogP contribution >= 0.6 is 15.9 Å². The molecule has 0 spiro atoms. The fraction of sp³-hybridized carbons (Fsp3) is 0.176. The van der Waals surface area contributed by atoms with Crippen LogP contribution in [0.5, 0.6) is 5.75 Å². The molecule has 2 N–H and O–H groups in total. The second-order valence-electron chi connectivity index (χ2n) is 4.95. The molecule has 2 aromatic carbocycles. The average molecular weight is 377 g/mol. The first kappa shape index (κ1) is 17.0. The second kappa shape index (κ2) is 7.78. The van der Waals surface area contributed by atoms with Crippen molar-refractivity contribution < 1.29 is 14.3 Å². The van der Waals surface area contributed by atoms with Crippen LogP contribution in [-0.2, 0) is 11.2 Å². The van der Waals surface area contributed by atoms with E-state index in [0.717, 1.165) is 11.1 Å². The Kier molecular flexibility index (Phi) is 5.76. The number of ether oxygens (including phenoxy) is 1. The van der Waals surface area contributed by atoms with Crippen molar-refractivity contribution in [1.29, 1.82) is 0 Å². The van der Waals surface area contributed by atoms with Crippen LogP contribution in [-0.4, -0.2) is 18.9 Å². The largest absolute Gasteiger partial charge is 0.496 e. The van der Waals surface area contributed by atoms with Crippen molar-refractivity contribution in [3.63, 3.8) is 0 Å². The van der Waals surface area contributed by atoms with Gasteiger partial charge in [0.15, 0.2) is 0 Å². The Balaban J connectivity index is 1.92. The normalized spacial score (nSPS) is 10.0. The quantitative estimate of drug-likeness (QED) is 0.806. The zero-order valence-electron chi connectivity index (χ0n) is 12.9. The van der Waals surface area contributed by atoms with Crippen LogP contribution in [0.3, 0.4) is 0 Å². The van der Waals surface area contributed by atoms with Crippen LogP contribution in [0.15, 0.2) is 46.9 Å². The van der Waals surface area contributed by atoms with Crippen molar-refractivity contribution >= 4 is 27.7 Å². The lowest BCUT2D eigenvalue weighted by atomic mass is 10.1. The van der Waals surface area contributed by atoms with Gasteiger partial charge < -0.3 is 4.74 Å². The number of carbonyl (C=O) groups excluding carboxylic acids is 2. The van der Waals surface area contributed by atoms with Gasteiger partial charge in [0, 0.05) is 5.56 Å². The van der Waals surface area contributed by atoms with Crippen LogP contribution in [0.1, 0.15) is 21.5 Å². The van der Waals surface area contributed by atoms with Gasteiger partial charge >= 0.3 is 0 Å². The number of amides is 2. The summed E-state index contributed by atoms with van der Waals surface area (Å²) in [6.07, 6.45) is 0.208. The Morgan fingerprint density at radius 2 is 1.87 bits per heavy atom. The maximum Gasteiger partial charge on any atom is 0.269 e. The van der Waals surface area contributed by atoms with Crippen molar-refractivity contribution in [3.05, 3.63) is 63.6 Å². The predicted molar refractivity (Wildman–Crippen MR) is 91.2 cm³/mol. The summed E-state index contributed by atoms with van der Waals surface area (Å²) < 4.78 is 5.77. The van der Waals surface area contributed by atoms with Crippen molar-refractivity contribution in [2.24, 2.45) is 0 Å². The molecule has 0 fully saturated rings. The molecular formula is C17H17BrN2O3. The summed E-state index contributed by atoms with van der Waals surface area (Å²) in [5, 5.41) is 0. The highest BCUT2D eigenvalue weighted by molar-refractivity contribution is 9.10. The molecule has 2 aromatic rings. The minimum absolute atomic E-state index is 0.208. The molecule has 23 heavy (non-hydrogen) atoms. The number of methoxy groups -OCH3 is 1. The molecule has 2 amide bonds. The van der Waals surface area contributed by atoms with Crippen LogP contribution in [0.4, 0.5) is 0 Å². The molecule has 120 valence electrons. The van der Waals surface area contributed by atoms with Gasteiger partial charge in [0.1, 0.15) is 5.75 Å². The van der Waals surface area contributed by atoms with E-state index in [1.807, 2.05) is 31.2 Å². The Morgan fingerprint density at radius 1 is 1.13 bits per heavy atom. The molecule has 0 unspecified atom stereocenters. The van der Waals surface area contributed by atoms with Crippen molar-refractivity contribution in [2.75, 3.05) is 7.11 Å². The molecule has 0 aliphatic heterocycles. The summed E-state index contributed by atoms with van der Waals surface area (Å²) in [6.45, 7) is 1.94. The second-order valence-corrected chi connectivity index (χ2v) is 5.81. The van der Waals surface area contributed by atoms with Gasteiger partial charge in [0.25, 0.3) is 5.91 Å². The summed E-state index contributed by atoms with van der Waals surface area (Å²) in [4.78, 5) is 23.9. The number of nitrogens with one attached hydrogen (secondary N) is 2. The van der Waals surface area contributed by atoms with E-state index < -0.39 is 5.91 Å². The minimum atomic E-state index is -0.397. The lowest BCUT2D eigenvalue weighted by Crippen LogP contribution is -2.42. The summed E-state index contributed by atoms with van der Waals surface area (Å²) in [5.41, 5.74) is 7.19. The molecule has 0 radical (unpaired) electrons. The van der Waals surface area contributed by atoms with E-state index in [1.54, 1.807) is 25.3 Å². The standard InChI is InChI=1S/C17H17BrN2O3/c1-11-5-3-4-6-12(11)10-16(21)19-20-17(22)13-7-8-15(23-2)14(18)9-13/h3-9H,10H2,1-2H3,(H,19,21)(H,20,22). The highest BCUT2D eigenvalue weighted by Crippen LogP contribution is 2.25. The third-order valence-corrected chi connectivity index (χ3v) is 3.96. The molecule has 0 aliphatic carbocycles. The maximum absolute atomic E-state index is 12.0. The van der Waals surface area contributed by atoms with Crippen LogP contribution in [0.25, 0.3) is 0 Å². The van der Waals surface area contributed by atoms with Crippen molar-refractivity contribution in [2.45, 2.75) is 13.3 Å². The van der Waals surface area contributed by atoms with Gasteiger partial charge in [-0.2, -0.15) is 0 Å². The first-order chi connectivity index (χ1) is 11.0. The monoisotopic (exact) mass is 376 g/mol. The Bertz CT molecular complexity index is 732. The minimum Gasteiger partial charge on any atom is -0.496 e. The number of aryl methyl sites for hydroxylation is 1. The first-order valence-electron chi connectivity index (χ1n) is 6.98. The lowest BCUT2D eigenvalue weighted by Gasteiger charge is -2.10. The van der Waals surface area contributed by atoms with E-state index in [2.05, 4.69) is 26.8 Å². The molecule has 0 bridgehead atoms. The third-order valence-electron chi connectivity index (χ3n) is 3.34. The van der Waals surface area contributed by atoms with E-state index in [0.29, 0.717) is 15.8 Å². The van der Waals surface area contributed by atoms with E-state index in [9.17, 15) is 9.59 Å². The fourth-order valence-electron chi connectivity index (χ4n) is 2.03. The van der Waals surface area contributed by atoms with Gasteiger partial charge in [0.2, 0.25) is 5.91 Å². The Hall–Kier alpha value is -2.34. The molecule has 0 heterocycles. The van der Waals surface area contributed by atoms with Crippen molar-refractivity contribution in [1.82, 2.24) is 10.9 Å². The zero-order chi connectivity index (χ0) is 16.8. The molecule has 0 aromatic heterocycles. The molecule has 0 saturated heterocycles. The Morgan fingerprint density at radius 3 is 2.52 bits per heavy atom. The van der Waals surface area contributed by atoms with Gasteiger partial charge in [-0.3, -0.25) is 20.4 Å². The average Bonchev–Trinajstić information content (AvgIpc) is 2.54. The summed E-state index contributed by atoms with van der Waals surface area (Å²) in [6, 6.07) is 12.5. The smallest absolute Gasteiger partial charge is 0.269 e. The topological polar surface area (TPSA) is 67.4 Å². The van der Waals surface area contributed by atoms with Crippen molar-refractivity contribution in [3.8, 4) is 5.75 Å². The molecule has 0 atom stereocenters. The van der Waals surface area contributed by atoms with E-state index in [4.69, 9.17) is 4.74 Å². The number of rotatable bonds is 4. The third kappa shape index (κ3) is 4.56. The van der Waals surface area contributed by atoms with Gasteiger partial charge in [-0.1, -0.05) is 24.3 Å². The summed E-state index contributed by atoms with van der Waals surface area (Å²) in [5.74, 6) is -0.0446. The zero-order valence-corrected chi connectivity index (χ0v) is 14.4. The lowest BCUT2D eigenvalue weighted by molar-refractivity contribution is -0.121. The summed E-state index contributed by atoms with van der Waals surface area (Å²) >= 11 is 3.32. The molecule has 0 aliphatic rings. The van der Waals surface area contributed by atoms with Gasteiger partial charge in [-0.05, 0) is 52.2 Å². The van der Waals surface area contributed by atoms with Gasteiger partial charge in [0.05, 0.1) is 18.0 Å². The van der Waals surface area contributed by atoms with E-state index >= 15 is 0 Å². The molecular weight excluding hydrogens is 360 g/mol. The van der Waals surface area contributed by atoms with Gasteiger partial charge in [-0.15, -0.1) is 0 Å². The van der Waals surface area contributed by atoms with Crippen LogP contribution in [0, 0.1) is 6.92 Å². The number of hydrogen-bond donors (Lipinski definition) is 2. The van der Waals surface area contributed by atoms with E-state index in [1.165, 1.54) is 0 Å².